The van der Waals surface area contributed by atoms with E-state index in [4.69, 9.17) is 0 Å². The normalized spacial score (nSPS) is 19.7. The fraction of sp³-hybridized carbons (Fsp3) is 0.467. The average Bonchev–Trinajstić information content (AvgIpc) is 2.85. The lowest BCUT2D eigenvalue weighted by atomic mass is 10.1. The van der Waals surface area contributed by atoms with E-state index < -0.39 is 22.6 Å². The molecule has 1 N–H and O–H groups in total. The summed E-state index contributed by atoms with van der Waals surface area (Å²) in [6.45, 7) is 0. The largest absolute Gasteiger partial charge is 0.382 e. The highest BCUT2D eigenvalue weighted by atomic mass is 127. The Balaban J connectivity index is 1.91. The monoisotopic (exact) mass is 472 g/mol. The van der Waals surface area contributed by atoms with Gasteiger partial charge in [0.25, 0.3) is 6.43 Å². The van der Waals surface area contributed by atoms with Crippen molar-refractivity contribution in [2.45, 2.75) is 31.6 Å². The second-order valence-corrected chi connectivity index (χ2v) is 9.26. The van der Waals surface area contributed by atoms with E-state index in [1.165, 1.54) is 0 Å². The molecule has 1 aromatic carbocycles. The molecule has 1 atom stereocenters. The van der Waals surface area contributed by atoms with Gasteiger partial charge in [-0.3, -0.25) is 0 Å². The van der Waals surface area contributed by atoms with E-state index in [-0.39, 0.29) is 17.5 Å². The van der Waals surface area contributed by atoms with Gasteiger partial charge in [0.2, 0.25) is 6.30 Å². The molecule has 1 saturated heterocycles. The molecule has 1 aliphatic rings. The zero-order valence-electron chi connectivity index (χ0n) is 12.6. The van der Waals surface area contributed by atoms with Crippen molar-refractivity contribution >= 4 is 49.0 Å². The van der Waals surface area contributed by atoms with Crippen LogP contribution in [0.1, 0.15) is 19.1 Å². The van der Waals surface area contributed by atoms with E-state index in [9.17, 15) is 21.6 Å². The Morgan fingerprint density at radius 1 is 1.21 bits per heavy atom. The number of nitrogens with zero attached hydrogens (tertiary/aromatic N) is 1. The van der Waals surface area contributed by atoms with Crippen molar-refractivity contribution in [3.63, 3.8) is 0 Å². The van der Waals surface area contributed by atoms with Crippen LogP contribution in [0.5, 0.6) is 0 Å². The van der Waals surface area contributed by atoms with E-state index in [1.54, 1.807) is 24.3 Å². The molecule has 0 amide bonds. The number of hydrogen-bond donors (Lipinski definition) is 1. The van der Waals surface area contributed by atoms with Crippen molar-refractivity contribution < 1.29 is 21.6 Å². The van der Waals surface area contributed by atoms with Crippen molar-refractivity contribution in [2.75, 3.05) is 16.8 Å². The van der Waals surface area contributed by atoms with Gasteiger partial charge in [-0.05, 0) is 53.6 Å². The summed E-state index contributed by atoms with van der Waals surface area (Å²) in [5.74, 6) is 0.272. The lowest BCUT2D eigenvalue weighted by molar-refractivity contribution is 0.00930. The van der Waals surface area contributed by atoms with Gasteiger partial charge >= 0.3 is 0 Å². The topological polar surface area (TPSA) is 51.1 Å². The molecule has 0 spiro atoms. The maximum absolute atomic E-state index is 13.9. The first-order chi connectivity index (χ1) is 11.3. The summed E-state index contributed by atoms with van der Waals surface area (Å²) in [4.78, 5) is 0. The maximum Gasteiger partial charge on any atom is 0.288 e. The summed E-state index contributed by atoms with van der Waals surface area (Å²) in [5, 5.41) is 3.93. The molecule has 1 aliphatic heterocycles. The summed E-state index contributed by atoms with van der Waals surface area (Å²) in [6.07, 6.45) is -4.50. The molecule has 0 radical (unpaired) electrons. The maximum atomic E-state index is 13.9. The molecule has 2 heterocycles. The highest BCUT2D eigenvalue weighted by Crippen LogP contribution is 2.34. The van der Waals surface area contributed by atoms with Crippen LogP contribution in [0.4, 0.5) is 18.9 Å². The third-order valence-corrected chi connectivity index (χ3v) is 6.75. The first-order valence-corrected chi connectivity index (χ1v) is 10.4. The van der Waals surface area contributed by atoms with Crippen molar-refractivity contribution in [1.29, 1.82) is 0 Å². The van der Waals surface area contributed by atoms with Crippen molar-refractivity contribution in [2.24, 2.45) is 0 Å². The van der Waals surface area contributed by atoms with Crippen LogP contribution in [0.2, 0.25) is 0 Å². The number of rotatable bonds is 4. The Hall–Kier alpha value is -0.970. The minimum atomic E-state index is -3.10. The number of anilines is 1. The first-order valence-electron chi connectivity index (χ1n) is 7.47. The van der Waals surface area contributed by atoms with Gasteiger partial charge in [-0.1, -0.05) is 6.07 Å². The van der Waals surface area contributed by atoms with Crippen LogP contribution in [0.25, 0.3) is 10.9 Å². The smallest absolute Gasteiger partial charge is 0.288 e. The van der Waals surface area contributed by atoms with Crippen LogP contribution in [-0.2, 0) is 9.84 Å². The highest BCUT2D eigenvalue weighted by Gasteiger charge is 2.27. The zero-order chi connectivity index (χ0) is 17.5. The number of nitrogens with one attached hydrogen (secondary N) is 1. The summed E-state index contributed by atoms with van der Waals surface area (Å²) >= 11 is 1.84. The molecule has 0 bridgehead atoms. The van der Waals surface area contributed by atoms with Gasteiger partial charge in [-0.25, -0.2) is 21.6 Å². The van der Waals surface area contributed by atoms with E-state index in [0.717, 1.165) is 4.57 Å². The molecule has 1 unspecified atom stereocenters. The van der Waals surface area contributed by atoms with E-state index in [0.29, 0.717) is 33.1 Å². The lowest BCUT2D eigenvalue weighted by Gasteiger charge is -2.24. The molecule has 24 heavy (non-hydrogen) atoms. The van der Waals surface area contributed by atoms with Gasteiger partial charge in [0, 0.05) is 17.1 Å². The summed E-state index contributed by atoms with van der Waals surface area (Å²) < 4.78 is 63.8. The molecule has 1 aromatic heterocycles. The molecule has 0 aliphatic carbocycles. The molecule has 2 aromatic rings. The van der Waals surface area contributed by atoms with E-state index >= 15 is 0 Å². The first kappa shape index (κ1) is 17.8. The Morgan fingerprint density at radius 2 is 1.88 bits per heavy atom. The fourth-order valence-corrected chi connectivity index (χ4v) is 5.29. The average molecular weight is 472 g/mol. The predicted molar refractivity (Wildman–Crippen MR) is 96.1 cm³/mol. The Morgan fingerprint density at radius 3 is 2.50 bits per heavy atom. The van der Waals surface area contributed by atoms with Gasteiger partial charge in [0.1, 0.15) is 9.84 Å². The van der Waals surface area contributed by atoms with Crippen LogP contribution >= 0.6 is 22.6 Å². The second-order valence-electron chi connectivity index (χ2n) is 5.85. The van der Waals surface area contributed by atoms with Crippen molar-refractivity contribution in [1.82, 2.24) is 4.57 Å². The minimum absolute atomic E-state index is 0.00333. The number of fused-ring (bicyclic) bond motifs is 1. The Labute approximate surface area is 151 Å². The predicted octanol–water partition coefficient (Wildman–Crippen LogP) is 3.97. The summed E-state index contributed by atoms with van der Waals surface area (Å²) in [7, 11) is -2.95. The zero-order valence-corrected chi connectivity index (χ0v) is 15.5. The van der Waals surface area contributed by atoms with Gasteiger partial charge in [-0.2, -0.15) is 0 Å². The Kier molecular flexibility index (Phi) is 5.01. The van der Waals surface area contributed by atoms with Gasteiger partial charge in [-0.15, -0.1) is 0 Å². The standard InChI is InChI=1S/C15H16F3IN2O2S/c16-14(17)15(18)21-12-3-1-2-11(10(12)8-13(21)19)20-9-4-6-24(22,23)7-5-9/h1-3,8-9,14-15,20H,4-7H2. The number of hydrogen-bond acceptors (Lipinski definition) is 3. The lowest BCUT2D eigenvalue weighted by Crippen LogP contribution is -2.32. The highest BCUT2D eigenvalue weighted by molar-refractivity contribution is 14.1. The third kappa shape index (κ3) is 3.51. The van der Waals surface area contributed by atoms with E-state index in [1.807, 2.05) is 22.6 Å². The summed E-state index contributed by atoms with van der Waals surface area (Å²) in [6, 6.07) is 6.73. The number of sulfone groups is 1. The minimum Gasteiger partial charge on any atom is -0.382 e. The molecule has 132 valence electrons. The molecule has 9 heteroatoms. The molecular formula is C15H16F3IN2O2S. The number of alkyl halides is 3. The van der Waals surface area contributed by atoms with Crippen LogP contribution in [0, 0.1) is 3.70 Å². The Bertz CT molecular complexity index is 840. The fourth-order valence-electron chi connectivity index (χ4n) is 2.96. The number of aromatic nitrogens is 1. The van der Waals surface area contributed by atoms with Crippen LogP contribution < -0.4 is 5.32 Å². The third-order valence-electron chi connectivity index (χ3n) is 4.21. The molecule has 1 fully saturated rings. The molecule has 0 saturated carbocycles. The van der Waals surface area contributed by atoms with Crippen LogP contribution in [0.15, 0.2) is 24.3 Å². The van der Waals surface area contributed by atoms with Crippen molar-refractivity contribution in [3.8, 4) is 0 Å². The van der Waals surface area contributed by atoms with Gasteiger partial charge < -0.3 is 9.88 Å². The second kappa shape index (κ2) is 6.74. The molecule has 3 rings (SSSR count). The van der Waals surface area contributed by atoms with Crippen LogP contribution in [-0.4, -0.2) is 37.0 Å². The molecular weight excluding hydrogens is 456 g/mol. The van der Waals surface area contributed by atoms with E-state index in [2.05, 4.69) is 5.32 Å². The number of benzene rings is 1. The van der Waals surface area contributed by atoms with Gasteiger partial charge in [0.15, 0.2) is 0 Å². The SMILES string of the molecule is O=S1(=O)CCC(Nc2cccc3c2cc(I)n3C(F)C(F)F)CC1. The van der Waals surface area contributed by atoms with Crippen molar-refractivity contribution in [3.05, 3.63) is 28.0 Å². The van der Waals surface area contributed by atoms with Gasteiger partial charge in [0.05, 0.1) is 20.7 Å². The summed E-state index contributed by atoms with van der Waals surface area (Å²) in [5.41, 5.74) is 1.09. The quantitative estimate of drug-likeness (QED) is 0.686. The molecule has 4 nitrogen and oxygen atoms in total. The van der Waals surface area contributed by atoms with Crippen LogP contribution in [0.3, 0.4) is 0 Å². The number of halogens is 4.